The van der Waals surface area contributed by atoms with Crippen molar-refractivity contribution < 1.29 is 4.79 Å². The van der Waals surface area contributed by atoms with E-state index >= 15 is 0 Å². The molecule has 0 spiro atoms. The Kier molecular flexibility index (Phi) is 3.56. The molecular formula is C16H18N4O. The van der Waals surface area contributed by atoms with Crippen LogP contribution in [-0.2, 0) is 11.2 Å². The van der Waals surface area contributed by atoms with Crippen molar-refractivity contribution in [1.29, 1.82) is 0 Å². The fourth-order valence-corrected chi connectivity index (χ4v) is 2.62. The fraction of sp³-hybridized carbons (Fsp3) is 0.312. The van der Waals surface area contributed by atoms with Crippen molar-refractivity contribution in [3.8, 4) is 0 Å². The molecule has 5 nitrogen and oxygen atoms in total. The maximum absolute atomic E-state index is 11.9. The number of fused-ring (bicyclic) bond motifs is 1. The summed E-state index contributed by atoms with van der Waals surface area (Å²) in [7, 11) is 0. The van der Waals surface area contributed by atoms with E-state index in [4.69, 9.17) is 0 Å². The Morgan fingerprint density at radius 3 is 2.90 bits per heavy atom. The first-order chi connectivity index (χ1) is 10.2. The predicted molar refractivity (Wildman–Crippen MR) is 82.8 cm³/mol. The van der Waals surface area contributed by atoms with E-state index < -0.39 is 0 Å². The van der Waals surface area contributed by atoms with E-state index in [9.17, 15) is 4.79 Å². The van der Waals surface area contributed by atoms with Crippen LogP contribution in [0.15, 0.2) is 30.5 Å². The van der Waals surface area contributed by atoms with Crippen molar-refractivity contribution in [1.82, 2.24) is 9.97 Å². The molecule has 0 unspecified atom stereocenters. The molecule has 21 heavy (non-hydrogen) atoms. The zero-order chi connectivity index (χ0) is 14.8. The number of hydrogen-bond donors (Lipinski definition) is 1. The Morgan fingerprint density at radius 1 is 1.29 bits per heavy atom. The quantitative estimate of drug-likeness (QED) is 0.940. The number of nitrogens with zero attached hydrogens (tertiary/aromatic N) is 3. The number of aromatic nitrogens is 2. The van der Waals surface area contributed by atoms with Gasteiger partial charge in [0.05, 0.1) is 0 Å². The summed E-state index contributed by atoms with van der Waals surface area (Å²) < 4.78 is 0. The molecule has 0 aliphatic carbocycles. The number of benzene rings is 1. The number of hydrogen-bond acceptors (Lipinski definition) is 4. The van der Waals surface area contributed by atoms with Crippen LogP contribution >= 0.6 is 0 Å². The lowest BCUT2D eigenvalue weighted by Gasteiger charge is -2.28. The summed E-state index contributed by atoms with van der Waals surface area (Å²) in [4.78, 5) is 22.3. The molecule has 0 fully saturated rings. The lowest BCUT2D eigenvalue weighted by molar-refractivity contribution is -0.118. The molecule has 0 atom stereocenters. The molecule has 1 aliphatic rings. The number of nitrogens with one attached hydrogen (secondary N) is 1. The summed E-state index contributed by atoms with van der Waals surface area (Å²) in [6, 6.07) is 7.90. The van der Waals surface area contributed by atoms with E-state index in [2.05, 4.69) is 21.4 Å². The minimum absolute atomic E-state index is 0.202. The molecule has 0 saturated carbocycles. The van der Waals surface area contributed by atoms with Gasteiger partial charge in [0, 0.05) is 36.2 Å². The van der Waals surface area contributed by atoms with Crippen molar-refractivity contribution in [3.63, 3.8) is 0 Å². The highest BCUT2D eigenvalue weighted by Crippen LogP contribution is 2.30. The van der Waals surface area contributed by atoms with Crippen LogP contribution in [0.3, 0.4) is 0 Å². The van der Waals surface area contributed by atoms with E-state index in [-0.39, 0.29) is 5.91 Å². The molecule has 5 heteroatoms. The first kappa shape index (κ1) is 13.5. The Hall–Kier alpha value is -2.43. The van der Waals surface area contributed by atoms with Crippen molar-refractivity contribution in [2.24, 2.45) is 0 Å². The van der Waals surface area contributed by atoms with Crippen LogP contribution < -0.4 is 10.2 Å². The molecule has 1 aromatic carbocycles. The van der Waals surface area contributed by atoms with Gasteiger partial charge in [0.1, 0.15) is 0 Å². The molecule has 2 heterocycles. The second kappa shape index (κ2) is 5.52. The van der Waals surface area contributed by atoms with Crippen LogP contribution in [-0.4, -0.2) is 22.4 Å². The molecule has 0 saturated heterocycles. The Bertz CT molecular complexity index is 684. The second-order valence-corrected chi connectivity index (χ2v) is 5.13. The maximum Gasteiger partial charge on any atom is 0.227 e. The zero-order valence-electron chi connectivity index (χ0n) is 12.3. The SMILES string of the molecule is CCN1C(=O)CCc2cc(Nc3nccc(C)n3)ccc21. The third kappa shape index (κ3) is 2.72. The standard InChI is InChI=1S/C16H18N4O/c1-3-20-14-6-5-13(10-12(14)4-7-15(20)21)19-16-17-9-8-11(2)18-16/h5-6,8-10H,3-4,7H2,1-2H3,(H,17,18,19). The van der Waals surface area contributed by atoms with Gasteiger partial charge in [0.15, 0.2) is 0 Å². The van der Waals surface area contributed by atoms with Gasteiger partial charge >= 0.3 is 0 Å². The Balaban J connectivity index is 1.88. The number of anilines is 3. The highest BCUT2D eigenvalue weighted by Gasteiger charge is 2.22. The number of aryl methyl sites for hydroxylation is 2. The normalized spacial score (nSPS) is 14.0. The maximum atomic E-state index is 11.9. The van der Waals surface area contributed by atoms with Crippen molar-refractivity contribution in [3.05, 3.63) is 41.7 Å². The van der Waals surface area contributed by atoms with E-state index in [1.165, 1.54) is 5.56 Å². The van der Waals surface area contributed by atoms with Crippen LogP contribution in [0.1, 0.15) is 24.6 Å². The van der Waals surface area contributed by atoms with Gasteiger partial charge in [-0.1, -0.05) is 0 Å². The summed E-state index contributed by atoms with van der Waals surface area (Å²) in [5.74, 6) is 0.793. The average molecular weight is 282 g/mol. The smallest absolute Gasteiger partial charge is 0.227 e. The molecule has 108 valence electrons. The molecule has 3 rings (SSSR count). The van der Waals surface area contributed by atoms with Gasteiger partial charge in [0.2, 0.25) is 11.9 Å². The summed E-state index contributed by atoms with van der Waals surface area (Å²) in [5.41, 5.74) is 4.08. The van der Waals surface area contributed by atoms with Crippen molar-refractivity contribution >= 4 is 23.2 Å². The van der Waals surface area contributed by atoms with Gasteiger partial charge in [-0.15, -0.1) is 0 Å². The van der Waals surface area contributed by atoms with Crippen LogP contribution in [0.25, 0.3) is 0 Å². The van der Waals surface area contributed by atoms with Crippen molar-refractivity contribution in [2.75, 3.05) is 16.8 Å². The van der Waals surface area contributed by atoms with Crippen LogP contribution in [0.2, 0.25) is 0 Å². The number of rotatable bonds is 3. The summed E-state index contributed by atoms with van der Waals surface area (Å²) in [5, 5.41) is 3.21. The first-order valence-electron chi connectivity index (χ1n) is 7.17. The van der Waals surface area contributed by atoms with Crippen molar-refractivity contribution in [2.45, 2.75) is 26.7 Å². The molecule has 1 aliphatic heterocycles. The van der Waals surface area contributed by atoms with Crippen LogP contribution in [0.4, 0.5) is 17.3 Å². The minimum Gasteiger partial charge on any atom is -0.324 e. The molecular weight excluding hydrogens is 264 g/mol. The highest BCUT2D eigenvalue weighted by atomic mass is 16.2. The molecule has 2 aromatic rings. The van der Waals surface area contributed by atoms with E-state index in [1.54, 1.807) is 6.20 Å². The lowest BCUT2D eigenvalue weighted by Crippen LogP contribution is -2.34. The summed E-state index contributed by atoms with van der Waals surface area (Å²) in [6.07, 6.45) is 3.10. The third-order valence-corrected chi connectivity index (χ3v) is 3.65. The van der Waals surface area contributed by atoms with Gasteiger partial charge in [-0.2, -0.15) is 0 Å². The number of amides is 1. The highest BCUT2D eigenvalue weighted by molar-refractivity contribution is 5.96. The van der Waals surface area contributed by atoms with Gasteiger partial charge in [-0.25, -0.2) is 9.97 Å². The van der Waals surface area contributed by atoms with Gasteiger partial charge in [-0.3, -0.25) is 4.79 Å². The van der Waals surface area contributed by atoms with E-state index in [1.807, 2.05) is 36.9 Å². The average Bonchev–Trinajstić information content (AvgIpc) is 2.47. The van der Waals surface area contributed by atoms with Gasteiger partial charge in [-0.05, 0) is 50.1 Å². The molecule has 0 radical (unpaired) electrons. The number of carbonyl (C=O) groups excluding carboxylic acids is 1. The number of carbonyl (C=O) groups is 1. The Morgan fingerprint density at radius 2 is 2.14 bits per heavy atom. The zero-order valence-corrected chi connectivity index (χ0v) is 12.3. The Labute approximate surface area is 124 Å². The van der Waals surface area contributed by atoms with Crippen LogP contribution in [0, 0.1) is 6.92 Å². The summed E-state index contributed by atoms with van der Waals surface area (Å²) >= 11 is 0. The van der Waals surface area contributed by atoms with E-state index in [0.29, 0.717) is 18.9 Å². The topological polar surface area (TPSA) is 58.1 Å². The predicted octanol–water partition coefficient (Wildman–Crippen LogP) is 2.83. The largest absolute Gasteiger partial charge is 0.324 e. The van der Waals surface area contributed by atoms with Gasteiger partial charge in [0.25, 0.3) is 0 Å². The monoisotopic (exact) mass is 282 g/mol. The second-order valence-electron chi connectivity index (χ2n) is 5.13. The lowest BCUT2D eigenvalue weighted by atomic mass is 10.0. The van der Waals surface area contributed by atoms with Crippen LogP contribution in [0.5, 0.6) is 0 Å². The molecule has 1 amide bonds. The third-order valence-electron chi connectivity index (χ3n) is 3.65. The molecule has 1 N–H and O–H groups in total. The molecule has 0 bridgehead atoms. The molecule has 1 aromatic heterocycles. The first-order valence-corrected chi connectivity index (χ1v) is 7.17. The minimum atomic E-state index is 0.202. The van der Waals surface area contributed by atoms with Gasteiger partial charge < -0.3 is 10.2 Å². The summed E-state index contributed by atoms with van der Waals surface area (Å²) in [6.45, 7) is 4.64. The fourth-order valence-electron chi connectivity index (χ4n) is 2.62. The van der Waals surface area contributed by atoms with E-state index in [0.717, 1.165) is 23.5 Å².